The Morgan fingerprint density at radius 3 is 2.41 bits per heavy atom. The van der Waals surface area contributed by atoms with Crippen LogP contribution in [0.5, 0.6) is 0 Å². The number of hydrogen-bond donors (Lipinski definition) is 1. The fourth-order valence-electron chi connectivity index (χ4n) is 5.10. The van der Waals surface area contributed by atoms with Crippen LogP contribution < -0.4 is 5.32 Å². The quantitative estimate of drug-likeness (QED) is 0.435. The first-order valence-electron chi connectivity index (χ1n) is 11.3. The van der Waals surface area contributed by atoms with Crippen LogP contribution in [0.3, 0.4) is 0 Å². The average molecular weight is 492 g/mol. The zero-order valence-electron chi connectivity index (χ0n) is 18.1. The van der Waals surface area contributed by atoms with Gasteiger partial charge >= 0.3 is 0 Å². The minimum Gasteiger partial charge on any atom is -0.310 e. The molecule has 1 saturated carbocycles. The van der Waals surface area contributed by atoms with Crippen molar-refractivity contribution >= 4 is 33.4 Å². The normalized spacial score (nSPS) is 18.8. The molecule has 0 radical (unpaired) electrons. The molecule has 5 nitrogen and oxygen atoms in total. The Bertz CT molecular complexity index is 1160. The van der Waals surface area contributed by atoms with Gasteiger partial charge in [-0.3, -0.25) is 9.59 Å². The molecule has 1 aromatic heterocycles. The maximum atomic E-state index is 13.5. The molecule has 32 heavy (non-hydrogen) atoms. The highest BCUT2D eigenvalue weighted by Crippen LogP contribution is 2.39. The van der Waals surface area contributed by atoms with Gasteiger partial charge in [0.1, 0.15) is 5.82 Å². The predicted molar refractivity (Wildman–Crippen MR) is 129 cm³/mol. The Labute approximate surface area is 196 Å². The second-order valence-electron chi connectivity index (χ2n) is 8.86. The van der Waals surface area contributed by atoms with E-state index in [1.807, 2.05) is 43.3 Å². The number of nitrogens with one attached hydrogen (secondary N) is 1. The average Bonchev–Trinajstić information content (AvgIpc) is 3.15. The van der Waals surface area contributed by atoms with Crippen LogP contribution in [-0.2, 0) is 4.79 Å². The van der Waals surface area contributed by atoms with Gasteiger partial charge in [-0.1, -0.05) is 59.5 Å². The molecule has 5 rings (SSSR count). The summed E-state index contributed by atoms with van der Waals surface area (Å²) in [6.07, 6.45) is 6.50. The molecule has 164 valence electrons. The fourth-order valence-corrected chi connectivity index (χ4v) is 5.36. The van der Waals surface area contributed by atoms with Crippen LogP contribution in [0.2, 0.25) is 0 Å². The highest BCUT2D eigenvalue weighted by atomic mass is 79.9. The zero-order chi connectivity index (χ0) is 22.2. The van der Waals surface area contributed by atoms with Crippen LogP contribution in [0.25, 0.3) is 5.69 Å². The van der Waals surface area contributed by atoms with Gasteiger partial charge in [0.25, 0.3) is 0 Å². The number of carbonyl (C=O) groups excluding carboxylic acids is 2. The van der Waals surface area contributed by atoms with E-state index in [-0.39, 0.29) is 18.1 Å². The molecule has 1 amide bonds. The smallest absolute Gasteiger partial charge is 0.226 e. The number of rotatable bonds is 4. The number of fused-ring (bicyclic) bond motifs is 1. The summed E-state index contributed by atoms with van der Waals surface area (Å²) in [4.78, 5) is 26.1. The monoisotopic (exact) mass is 491 g/mol. The molecule has 1 fully saturated rings. The molecular formula is C26H26BrN3O2. The van der Waals surface area contributed by atoms with Gasteiger partial charge in [-0.15, -0.1) is 0 Å². The molecule has 2 aromatic carbocycles. The lowest BCUT2D eigenvalue weighted by Gasteiger charge is -2.24. The summed E-state index contributed by atoms with van der Waals surface area (Å²) in [5.41, 5.74) is 4.39. The molecule has 1 atom stereocenters. The molecule has 2 aliphatic rings. The maximum absolute atomic E-state index is 13.5. The highest BCUT2D eigenvalue weighted by Gasteiger charge is 2.36. The number of aromatic nitrogens is 2. The van der Waals surface area contributed by atoms with Gasteiger partial charge in [0.15, 0.2) is 5.78 Å². The number of nitrogens with zero attached hydrogens (tertiary/aromatic N) is 2. The third-order valence-electron chi connectivity index (χ3n) is 6.76. The first-order valence-corrected chi connectivity index (χ1v) is 12.1. The molecule has 6 heteroatoms. The van der Waals surface area contributed by atoms with E-state index in [2.05, 4.69) is 38.5 Å². The standard InChI is InChI=1S/C26H26BrN3O2/c1-16-24-22(25(32)19-9-7-18(8-10-19)17-5-3-2-4-6-17)15-23(31)28-26(24)30(29-16)21-13-11-20(27)12-14-21/h7-14,17,22H,2-6,15H2,1H3,(H,28,31)/t22-/m1/s1. The predicted octanol–water partition coefficient (Wildman–Crippen LogP) is 6.30. The van der Waals surface area contributed by atoms with Gasteiger partial charge in [0.05, 0.1) is 17.3 Å². The number of halogens is 1. The number of anilines is 1. The molecule has 0 bridgehead atoms. The number of aryl methyl sites for hydroxylation is 1. The topological polar surface area (TPSA) is 64.0 Å². The minimum absolute atomic E-state index is 0.0187. The Morgan fingerprint density at radius 1 is 1.03 bits per heavy atom. The van der Waals surface area contributed by atoms with Crippen molar-refractivity contribution in [1.29, 1.82) is 0 Å². The van der Waals surface area contributed by atoms with Crippen LogP contribution in [-0.4, -0.2) is 21.5 Å². The van der Waals surface area contributed by atoms with E-state index in [0.29, 0.717) is 17.3 Å². The number of hydrogen-bond acceptors (Lipinski definition) is 3. The van der Waals surface area contributed by atoms with Gasteiger partial charge < -0.3 is 5.32 Å². The minimum atomic E-state index is -0.525. The SMILES string of the molecule is Cc1nn(-c2ccc(Br)cc2)c2c1[C@H](C(=O)c1ccc(C3CCCCC3)cc1)CC(=O)N2. The lowest BCUT2D eigenvalue weighted by molar-refractivity contribution is -0.116. The van der Waals surface area contributed by atoms with Crippen molar-refractivity contribution in [3.8, 4) is 5.69 Å². The summed E-state index contributed by atoms with van der Waals surface area (Å²) in [5, 5.41) is 7.61. The Balaban J connectivity index is 1.47. The van der Waals surface area contributed by atoms with Crippen molar-refractivity contribution in [2.45, 2.75) is 57.3 Å². The zero-order valence-corrected chi connectivity index (χ0v) is 19.7. The Hall–Kier alpha value is -2.73. The fraction of sp³-hybridized carbons (Fsp3) is 0.346. The van der Waals surface area contributed by atoms with Gasteiger partial charge in [0, 0.05) is 22.0 Å². The van der Waals surface area contributed by atoms with Crippen LogP contribution >= 0.6 is 15.9 Å². The summed E-state index contributed by atoms with van der Waals surface area (Å²) in [7, 11) is 0. The van der Waals surface area contributed by atoms with Crippen molar-refractivity contribution in [2.75, 3.05) is 5.32 Å². The van der Waals surface area contributed by atoms with Gasteiger partial charge in [-0.2, -0.15) is 5.10 Å². The first-order chi connectivity index (χ1) is 15.5. The van der Waals surface area contributed by atoms with Crippen LogP contribution in [0, 0.1) is 6.92 Å². The lowest BCUT2D eigenvalue weighted by atomic mass is 9.82. The highest BCUT2D eigenvalue weighted by molar-refractivity contribution is 9.10. The molecule has 1 aliphatic heterocycles. The summed E-state index contributed by atoms with van der Waals surface area (Å²) in [5.74, 6) is 0.496. The molecule has 0 spiro atoms. The van der Waals surface area contributed by atoms with Crippen LogP contribution in [0.1, 0.15) is 77.5 Å². The molecule has 2 heterocycles. The van der Waals surface area contributed by atoms with E-state index < -0.39 is 5.92 Å². The Morgan fingerprint density at radius 2 is 1.72 bits per heavy atom. The van der Waals surface area contributed by atoms with E-state index in [4.69, 9.17) is 0 Å². The van der Waals surface area contributed by atoms with Crippen molar-refractivity contribution in [2.24, 2.45) is 0 Å². The number of amides is 1. The number of Topliss-reactive ketones (excluding diaryl/α,β-unsaturated/α-hetero) is 1. The van der Waals surface area contributed by atoms with Crippen molar-refractivity contribution in [3.63, 3.8) is 0 Å². The molecule has 1 N–H and O–H groups in total. The van der Waals surface area contributed by atoms with E-state index in [0.717, 1.165) is 21.4 Å². The first kappa shape index (κ1) is 21.1. The summed E-state index contributed by atoms with van der Waals surface area (Å²) in [6, 6.07) is 15.8. The molecule has 3 aromatic rings. The molecular weight excluding hydrogens is 466 g/mol. The molecule has 1 aliphatic carbocycles. The van der Waals surface area contributed by atoms with Gasteiger partial charge in [-0.25, -0.2) is 4.68 Å². The van der Waals surface area contributed by atoms with Crippen molar-refractivity contribution in [1.82, 2.24) is 9.78 Å². The van der Waals surface area contributed by atoms with Crippen molar-refractivity contribution in [3.05, 3.63) is 75.4 Å². The number of carbonyl (C=O) groups is 2. The van der Waals surface area contributed by atoms with Crippen LogP contribution in [0.15, 0.2) is 53.0 Å². The van der Waals surface area contributed by atoms with E-state index in [1.54, 1.807) is 4.68 Å². The number of ketones is 1. The second-order valence-corrected chi connectivity index (χ2v) is 9.78. The van der Waals surface area contributed by atoms with E-state index >= 15 is 0 Å². The van der Waals surface area contributed by atoms with Gasteiger partial charge in [0.2, 0.25) is 5.91 Å². The number of benzene rings is 2. The summed E-state index contributed by atoms with van der Waals surface area (Å²) in [6.45, 7) is 1.90. The third-order valence-corrected chi connectivity index (χ3v) is 7.29. The lowest BCUT2D eigenvalue weighted by Crippen LogP contribution is -2.28. The Kier molecular flexibility index (Phi) is 5.72. The van der Waals surface area contributed by atoms with Crippen molar-refractivity contribution < 1.29 is 9.59 Å². The second kappa shape index (κ2) is 8.66. The summed E-state index contributed by atoms with van der Waals surface area (Å²) >= 11 is 3.45. The van der Waals surface area contributed by atoms with E-state index in [1.165, 1.54) is 37.7 Å². The molecule has 0 saturated heterocycles. The molecule has 0 unspecified atom stereocenters. The summed E-state index contributed by atoms with van der Waals surface area (Å²) < 4.78 is 2.69. The third kappa shape index (κ3) is 3.92. The van der Waals surface area contributed by atoms with Gasteiger partial charge in [-0.05, 0) is 55.5 Å². The largest absolute Gasteiger partial charge is 0.310 e. The van der Waals surface area contributed by atoms with Crippen LogP contribution in [0.4, 0.5) is 5.82 Å². The van der Waals surface area contributed by atoms with E-state index in [9.17, 15) is 9.59 Å². The maximum Gasteiger partial charge on any atom is 0.226 e.